The Morgan fingerprint density at radius 3 is 2.46 bits per heavy atom. The number of anilines is 2. The van der Waals surface area contributed by atoms with Gasteiger partial charge in [0.1, 0.15) is 0 Å². The van der Waals surface area contributed by atoms with Crippen LogP contribution in [0.15, 0.2) is 24.3 Å². The Morgan fingerprint density at radius 2 is 1.88 bits per heavy atom. The molecule has 142 valence electrons. The van der Waals surface area contributed by atoms with E-state index in [0.717, 1.165) is 0 Å². The number of nitrogens with zero attached hydrogens (tertiary/aromatic N) is 2. The van der Waals surface area contributed by atoms with Gasteiger partial charge in [-0.1, -0.05) is 6.92 Å². The van der Waals surface area contributed by atoms with Gasteiger partial charge >= 0.3 is 12.0 Å². The zero-order valence-corrected chi connectivity index (χ0v) is 15.4. The van der Waals surface area contributed by atoms with E-state index in [4.69, 9.17) is 0 Å². The minimum absolute atomic E-state index is 0.123. The van der Waals surface area contributed by atoms with Crippen molar-refractivity contribution in [1.29, 1.82) is 0 Å². The highest BCUT2D eigenvalue weighted by Gasteiger charge is 2.32. The summed E-state index contributed by atoms with van der Waals surface area (Å²) in [4.78, 5) is 25.2. The first kappa shape index (κ1) is 18.5. The molecule has 9 heteroatoms. The molecule has 2 fully saturated rings. The van der Waals surface area contributed by atoms with Gasteiger partial charge in [-0.2, -0.15) is 0 Å². The van der Waals surface area contributed by atoms with Gasteiger partial charge in [-0.3, -0.25) is 9.10 Å². The first-order chi connectivity index (χ1) is 12.3. The monoisotopic (exact) mass is 381 g/mol. The van der Waals surface area contributed by atoms with E-state index in [1.54, 1.807) is 24.3 Å². The van der Waals surface area contributed by atoms with Crippen LogP contribution in [-0.2, 0) is 14.8 Å². The number of likely N-dealkylation sites (tertiary alicyclic amines) is 1. The Balaban J connectivity index is 1.65. The summed E-state index contributed by atoms with van der Waals surface area (Å²) < 4.78 is 25.3. The van der Waals surface area contributed by atoms with E-state index < -0.39 is 21.9 Å². The van der Waals surface area contributed by atoms with E-state index in [-0.39, 0.29) is 24.2 Å². The molecule has 1 aromatic carbocycles. The molecule has 2 N–H and O–H groups in total. The van der Waals surface area contributed by atoms with Crippen LogP contribution in [0.25, 0.3) is 0 Å². The highest BCUT2D eigenvalue weighted by atomic mass is 32.2. The number of carbonyl (C=O) groups is 2. The lowest BCUT2D eigenvalue weighted by Crippen LogP contribution is -2.47. The molecule has 3 rings (SSSR count). The van der Waals surface area contributed by atoms with Gasteiger partial charge < -0.3 is 15.3 Å². The SMILES string of the molecule is CC1CC(C(=O)O)CN(C(=O)Nc2ccc(N3CCCS3(=O)=O)cc2)C1. The van der Waals surface area contributed by atoms with Crippen LogP contribution < -0.4 is 9.62 Å². The standard InChI is InChI=1S/C17H23N3O5S/c1-12-9-13(16(21)22)11-19(10-12)17(23)18-14-3-5-15(6-4-14)20-7-2-8-26(20,24)25/h3-6,12-13H,2,7-11H2,1H3,(H,18,23)(H,21,22). The van der Waals surface area contributed by atoms with Gasteiger partial charge in [0, 0.05) is 25.3 Å². The third kappa shape index (κ3) is 3.92. The predicted molar refractivity (Wildman–Crippen MR) is 97.7 cm³/mol. The highest BCUT2D eigenvalue weighted by molar-refractivity contribution is 7.93. The number of benzene rings is 1. The van der Waals surface area contributed by atoms with Gasteiger partial charge in [0.15, 0.2) is 0 Å². The Bertz CT molecular complexity index is 793. The summed E-state index contributed by atoms with van der Waals surface area (Å²) in [5, 5.41) is 12.0. The number of aliphatic carboxylic acids is 1. The van der Waals surface area contributed by atoms with Crippen LogP contribution in [0.5, 0.6) is 0 Å². The number of urea groups is 1. The molecular weight excluding hydrogens is 358 g/mol. The average molecular weight is 381 g/mol. The molecule has 2 atom stereocenters. The van der Waals surface area contributed by atoms with Gasteiger partial charge in [-0.05, 0) is 43.0 Å². The maximum atomic E-state index is 12.4. The summed E-state index contributed by atoms with van der Waals surface area (Å²) in [6.07, 6.45) is 1.18. The minimum Gasteiger partial charge on any atom is -0.481 e. The van der Waals surface area contributed by atoms with Gasteiger partial charge in [-0.15, -0.1) is 0 Å². The average Bonchev–Trinajstić information content (AvgIpc) is 2.94. The largest absolute Gasteiger partial charge is 0.481 e. The molecule has 0 saturated carbocycles. The zero-order valence-electron chi connectivity index (χ0n) is 14.6. The quantitative estimate of drug-likeness (QED) is 0.830. The number of carbonyl (C=O) groups excluding carboxylic acids is 1. The molecule has 1 aromatic rings. The van der Waals surface area contributed by atoms with E-state index >= 15 is 0 Å². The molecule has 2 aliphatic rings. The van der Waals surface area contributed by atoms with Crippen LogP contribution in [0.1, 0.15) is 19.8 Å². The second-order valence-corrected chi connectivity index (χ2v) is 9.01. The van der Waals surface area contributed by atoms with Gasteiger partial charge in [0.05, 0.1) is 17.4 Å². The fourth-order valence-electron chi connectivity index (χ4n) is 3.54. The summed E-state index contributed by atoms with van der Waals surface area (Å²) in [7, 11) is -3.23. The Hall–Kier alpha value is -2.29. The van der Waals surface area contributed by atoms with Crippen molar-refractivity contribution in [3.05, 3.63) is 24.3 Å². The number of nitrogens with one attached hydrogen (secondary N) is 1. The third-order valence-electron chi connectivity index (χ3n) is 4.80. The first-order valence-electron chi connectivity index (χ1n) is 8.65. The molecule has 2 saturated heterocycles. The topological polar surface area (TPSA) is 107 Å². The minimum atomic E-state index is -3.23. The maximum absolute atomic E-state index is 12.4. The van der Waals surface area contributed by atoms with Gasteiger partial charge in [-0.25, -0.2) is 13.2 Å². The fraction of sp³-hybridized carbons (Fsp3) is 0.529. The number of sulfonamides is 1. The summed E-state index contributed by atoms with van der Waals surface area (Å²) in [5.74, 6) is -1.15. The van der Waals surface area contributed by atoms with Crippen molar-refractivity contribution in [3.63, 3.8) is 0 Å². The second-order valence-electron chi connectivity index (χ2n) is 7.00. The zero-order chi connectivity index (χ0) is 18.9. The molecule has 0 radical (unpaired) electrons. The molecule has 2 aliphatic heterocycles. The highest BCUT2D eigenvalue weighted by Crippen LogP contribution is 2.26. The number of carboxylic acids is 1. The molecule has 26 heavy (non-hydrogen) atoms. The smallest absolute Gasteiger partial charge is 0.321 e. The van der Waals surface area contributed by atoms with Crippen LogP contribution in [0.2, 0.25) is 0 Å². The molecule has 0 spiro atoms. The van der Waals surface area contributed by atoms with Crippen molar-refractivity contribution in [3.8, 4) is 0 Å². The van der Waals surface area contributed by atoms with Crippen molar-refractivity contribution in [1.82, 2.24) is 4.90 Å². The normalized spacial score (nSPS) is 25.1. The lowest BCUT2D eigenvalue weighted by atomic mass is 9.91. The summed E-state index contributed by atoms with van der Waals surface area (Å²) in [6.45, 7) is 3.10. The van der Waals surface area contributed by atoms with Crippen LogP contribution in [0, 0.1) is 11.8 Å². The van der Waals surface area contributed by atoms with E-state index in [1.165, 1.54) is 9.21 Å². The molecule has 0 aliphatic carbocycles. The van der Waals surface area contributed by atoms with E-state index in [1.807, 2.05) is 6.92 Å². The molecular formula is C17H23N3O5S. The summed E-state index contributed by atoms with van der Waals surface area (Å²) in [6, 6.07) is 6.30. The first-order valence-corrected chi connectivity index (χ1v) is 10.3. The molecule has 8 nitrogen and oxygen atoms in total. The Morgan fingerprint density at radius 1 is 1.19 bits per heavy atom. The number of hydrogen-bond acceptors (Lipinski definition) is 4. The number of amides is 2. The van der Waals surface area contributed by atoms with Crippen molar-refractivity contribution in [2.45, 2.75) is 19.8 Å². The molecule has 0 aromatic heterocycles. The van der Waals surface area contributed by atoms with Crippen molar-refractivity contribution in [2.75, 3.05) is 35.0 Å². The lowest BCUT2D eigenvalue weighted by Gasteiger charge is -2.34. The maximum Gasteiger partial charge on any atom is 0.321 e. The van der Waals surface area contributed by atoms with E-state index in [0.29, 0.717) is 37.3 Å². The lowest BCUT2D eigenvalue weighted by molar-refractivity contribution is -0.143. The predicted octanol–water partition coefficient (Wildman–Crippen LogP) is 1.80. The molecule has 0 bridgehead atoms. The molecule has 2 unspecified atom stereocenters. The van der Waals surface area contributed by atoms with Crippen molar-refractivity contribution < 1.29 is 23.1 Å². The third-order valence-corrected chi connectivity index (χ3v) is 6.67. The number of piperidine rings is 1. The summed E-state index contributed by atoms with van der Waals surface area (Å²) >= 11 is 0. The Labute approximate surface area is 152 Å². The van der Waals surface area contributed by atoms with Crippen LogP contribution in [-0.4, -0.2) is 55.8 Å². The number of carboxylic acid groups (broad SMARTS) is 1. The van der Waals surface area contributed by atoms with Crippen LogP contribution in [0.3, 0.4) is 0 Å². The van der Waals surface area contributed by atoms with Gasteiger partial charge in [0.2, 0.25) is 10.0 Å². The van der Waals surface area contributed by atoms with E-state index in [2.05, 4.69) is 5.32 Å². The van der Waals surface area contributed by atoms with Crippen LogP contribution in [0.4, 0.5) is 16.2 Å². The van der Waals surface area contributed by atoms with Gasteiger partial charge in [0.25, 0.3) is 0 Å². The van der Waals surface area contributed by atoms with E-state index in [9.17, 15) is 23.1 Å². The van der Waals surface area contributed by atoms with Crippen molar-refractivity contribution in [2.24, 2.45) is 11.8 Å². The second kappa shape index (κ2) is 7.14. The van der Waals surface area contributed by atoms with Crippen molar-refractivity contribution >= 4 is 33.4 Å². The summed E-state index contributed by atoms with van der Waals surface area (Å²) in [5.41, 5.74) is 1.12. The molecule has 2 amide bonds. The number of rotatable bonds is 3. The fourth-order valence-corrected chi connectivity index (χ4v) is 5.10. The molecule has 2 heterocycles. The number of hydrogen-bond donors (Lipinski definition) is 2. The van der Waals surface area contributed by atoms with Crippen LogP contribution >= 0.6 is 0 Å². The Kier molecular flexibility index (Phi) is 5.08.